The van der Waals surface area contributed by atoms with Crippen LogP contribution in [-0.4, -0.2) is 36.2 Å². The van der Waals surface area contributed by atoms with Gasteiger partial charge in [-0.25, -0.2) is 0 Å². The summed E-state index contributed by atoms with van der Waals surface area (Å²) in [6, 6.07) is 0. The van der Waals surface area contributed by atoms with Crippen LogP contribution >= 0.6 is 0 Å². The van der Waals surface area contributed by atoms with Gasteiger partial charge in [-0.3, -0.25) is 4.79 Å². The topological polar surface area (TPSA) is 59.2 Å². The Labute approximate surface area is 82.9 Å². The minimum absolute atomic E-state index is 0.125. The van der Waals surface area contributed by atoms with Gasteiger partial charge in [0, 0.05) is 14.1 Å². The third-order valence-electron chi connectivity index (χ3n) is 1.49. The molecule has 0 fully saturated rings. The van der Waals surface area contributed by atoms with E-state index in [1.165, 1.54) is 4.90 Å². The number of ketones is 1. The number of hydrogen-bond donors (Lipinski definition) is 0. The molecule has 0 aliphatic heterocycles. The van der Waals surface area contributed by atoms with Crippen molar-refractivity contribution in [1.82, 2.24) is 10.1 Å². The van der Waals surface area contributed by atoms with Crippen LogP contribution in [0.15, 0.2) is 4.52 Å². The van der Waals surface area contributed by atoms with Gasteiger partial charge in [0.1, 0.15) is 0 Å². The van der Waals surface area contributed by atoms with E-state index < -0.39 is 18.4 Å². The van der Waals surface area contributed by atoms with Crippen LogP contribution in [0.4, 0.5) is 19.1 Å². The summed E-state index contributed by atoms with van der Waals surface area (Å²) >= 11 is 0. The molecule has 0 saturated carbocycles. The number of aromatic nitrogens is 2. The molecule has 84 valence electrons. The van der Waals surface area contributed by atoms with Gasteiger partial charge in [-0.2, -0.15) is 18.2 Å². The Kier molecular flexibility index (Phi) is 2.96. The van der Waals surface area contributed by atoms with E-state index in [0.29, 0.717) is 0 Å². The first-order valence-corrected chi connectivity index (χ1v) is 3.90. The zero-order chi connectivity index (χ0) is 11.6. The third-order valence-corrected chi connectivity index (χ3v) is 1.49. The van der Waals surface area contributed by atoms with Crippen molar-refractivity contribution in [3.05, 3.63) is 5.89 Å². The van der Waals surface area contributed by atoms with Crippen LogP contribution < -0.4 is 4.90 Å². The Morgan fingerprint density at radius 3 is 2.47 bits per heavy atom. The van der Waals surface area contributed by atoms with Crippen molar-refractivity contribution >= 4 is 11.7 Å². The van der Waals surface area contributed by atoms with Crippen LogP contribution in [0.5, 0.6) is 0 Å². The van der Waals surface area contributed by atoms with Crippen molar-refractivity contribution < 1.29 is 22.5 Å². The summed E-state index contributed by atoms with van der Waals surface area (Å²) in [5.41, 5.74) is 0. The normalized spacial score (nSPS) is 11.5. The molecule has 5 nitrogen and oxygen atoms in total. The van der Waals surface area contributed by atoms with Crippen molar-refractivity contribution in [3.8, 4) is 0 Å². The molecule has 0 saturated heterocycles. The third kappa shape index (κ3) is 2.93. The highest BCUT2D eigenvalue weighted by Gasteiger charge is 2.39. The largest absolute Gasteiger partial charge is 0.450 e. The summed E-state index contributed by atoms with van der Waals surface area (Å²) in [5.74, 6) is -2.13. The van der Waals surface area contributed by atoms with Crippen molar-refractivity contribution in [2.45, 2.75) is 12.6 Å². The summed E-state index contributed by atoms with van der Waals surface area (Å²) in [4.78, 5) is 15.6. The predicted molar refractivity (Wildman–Crippen MR) is 43.4 cm³/mol. The fourth-order valence-corrected chi connectivity index (χ4v) is 0.737. The van der Waals surface area contributed by atoms with Crippen LogP contribution in [0.1, 0.15) is 5.89 Å². The fraction of sp³-hybridized carbons (Fsp3) is 0.571. The monoisotopic (exact) mass is 223 g/mol. The lowest BCUT2D eigenvalue weighted by Gasteiger charge is -2.02. The molecule has 0 spiro atoms. The van der Waals surface area contributed by atoms with E-state index in [-0.39, 0.29) is 11.8 Å². The first-order chi connectivity index (χ1) is 6.80. The maximum Gasteiger partial charge on any atom is 0.450 e. The Bertz CT molecular complexity index is 359. The number of rotatable bonds is 3. The van der Waals surface area contributed by atoms with E-state index in [2.05, 4.69) is 14.7 Å². The van der Waals surface area contributed by atoms with Crippen LogP contribution in [0, 0.1) is 0 Å². The van der Waals surface area contributed by atoms with Crippen molar-refractivity contribution in [2.24, 2.45) is 0 Å². The van der Waals surface area contributed by atoms with Gasteiger partial charge >= 0.3 is 6.18 Å². The van der Waals surface area contributed by atoms with Gasteiger partial charge < -0.3 is 9.42 Å². The van der Waals surface area contributed by atoms with E-state index in [1.807, 2.05) is 0 Å². The number of Topliss-reactive ketones (excluding diaryl/α,β-unsaturated/α-hetero) is 1. The van der Waals surface area contributed by atoms with Crippen LogP contribution in [0.25, 0.3) is 0 Å². The molecule has 0 radical (unpaired) electrons. The fourth-order valence-electron chi connectivity index (χ4n) is 0.737. The van der Waals surface area contributed by atoms with E-state index in [9.17, 15) is 18.0 Å². The standard InChI is InChI=1S/C7H8F3N3O2/c1-13(2)6-11-5(15-12-6)3-4(14)7(8,9)10/h3H2,1-2H3. The second-order valence-electron chi connectivity index (χ2n) is 2.98. The summed E-state index contributed by atoms with van der Waals surface area (Å²) in [5, 5.41) is 3.37. The molecule has 0 aromatic carbocycles. The first-order valence-electron chi connectivity index (χ1n) is 3.90. The molecule has 0 atom stereocenters. The van der Waals surface area contributed by atoms with Crippen molar-refractivity contribution in [2.75, 3.05) is 19.0 Å². The highest BCUT2D eigenvalue weighted by Crippen LogP contribution is 2.18. The maximum absolute atomic E-state index is 11.9. The number of halogens is 3. The molecular formula is C7H8F3N3O2. The number of hydrogen-bond acceptors (Lipinski definition) is 5. The van der Waals surface area contributed by atoms with Crippen molar-refractivity contribution in [1.29, 1.82) is 0 Å². The molecule has 0 unspecified atom stereocenters. The average Bonchev–Trinajstić information content (AvgIpc) is 2.50. The zero-order valence-corrected chi connectivity index (χ0v) is 8.00. The molecular weight excluding hydrogens is 215 g/mol. The second kappa shape index (κ2) is 3.87. The lowest BCUT2D eigenvalue weighted by molar-refractivity contribution is -0.170. The first kappa shape index (κ1) is 11.5. The van der Waals surface area contributed by atoms with Gasteiger partial charge in [0.2, 0.25) is 11.7 Å². The number of nitrogens with zero attached hydrogens (tertiary/aromatic N) is 3. The number of alkyl halides is 3. The number of anilines is 1. The minimum atomic E-state index is -4.87. The molecule has 0 amide bonds. The average molecular weight is 223 g/mol. The molecule has 1 aromatic heterocycles. The molecule has 0 bridgehead atoms. The molecule has 15 heavy (non-hydrogen) atoms. The Morgan fingerprint density at radius 1 is 1.47 bits per heavy atom. The molecule has 0 aliphatic carbocycles. The summed E-state index contributed by atoms with van der Waals surface area (Å²) in [7, 11) is 3.19. The summed E-state index contributed by atoms with van der Waals surface area (Å²) in [6.45, 7) is 0. The van der Waals surface area contributed by atoms with E-state index >= 15 is 0 Å². The van der Waals surface area contributed by atoms with E-state index in [0.717, 1.165) is 0 Å². The van der Waals surface area contributed by atoms with Gasteiger partial charge in [0.15, 0.2) is 0 Å². The smallest absolute Gasteiger partial charge is 0.344 e. The van der Waals surface area contributed by atoms with Crippen LogP contribution in [0.2, 0.25) is 0 Å². The van der Waals surface area contributed by atoms with E-state index in [1.54, 1.807) is 14.1 Å². The predicted octanol–water partition coefficient (Wildman–Crippen LogP) is 0.809. The minimum Gasteiger partial charge on any atom is -0.344 e. The van der Waals surface area contributed by atoms with E-state index in [4.69, 9.17) is 0 Å². The Balaban J connectivity index is 2.70. The number of carbonyl (C=O) groups is 1. The molecule has 1 rings (SSSR count). The van der Waals surface area contributed by atoms with Crippen molar-refractivity contribution in [3.63, 3.8) is 0 Å². The van der Waals surface area contributed by atoms with Crippen LogP contribution in [-0.2, 0) is 11.2 Å². The van der Waals surface area contributed by atoms with Gasteiger partial charge in [-0.15, -0.1) is 0 Å². The second-order valence-corrected chi connectivity index (χ2v) is 2.98. The lowest BCUT2D eigenvalue weighted by Crippen LogP contribution is -2.24. The summed E-state index contributed by atoms with van der Waals surface area (Å²) < 4.78 is 40.0. The Morgan fingerprint density at radius 2 is 2.07 bits per heavy atom. The van der Waals surface area contributed by atoms with Gasteiger partial charge in [0.05, 0.1) is 6.42 Å². The van der Waals surface area contributed by atoms with Crippen LogP contribution in [0.3, 0.4) is 0 Å². The summed E-state index contributed by atoms with van der Waals surface area (Å²) in [6.07, 6.45) is -5.79. The highest BCUT2D eigenvalue weighted by atomic mass is 19.4. The molecule has 8 heteroatoms. The lowest BCUT2D eigenvalue weighted by atomic mass is 10.3. The SMILES string of the molecule is CN(C)c1noc(CC(=O)C(F)(F)F)n1. The quantitative estimate of drug-likeness (QED) is 0.758. The number of carbonyl (C=O) groups excluding carboxylic acids is 1. The molecule has 1 heterocycles. The molecule has 0 aliphatic rings. The van der Waals surface area contributed by atoms with Gasteiger partial charge in [-0.05, 0) is 5.16 Å². The zero-order valence-electron chi connectivity index (χ0n) is 8.00. The molecule has 0 N–H and O–H groups in total. The highest BCUT2D eigenvalue weighted by molar-refractivity contribution is 5.85. The van der Waals surface area contributed by atoms with Gasteiger partial charge in [0.25, 0.3) is 5.95 Å². The van der Waals surface area contributed by atoms with Gasteiger partial charge in [-0.1, -0.05) is 0 Å². The Hall–Kier alpha value is -1.60. The maximum atomic E-state index is 11.9. The molecule has 1 aromatic rings.